The van der Waals surface area contributed by atoms with Crippen LogP contribution >= 0.6 is 0 Å². The smallest absolute Gasteiger partial charge is 0.288 e. The highest BCUT2D eigenvalue weighted by atomic mass is 19.4. The van der Waals surface area contributed by atoms with Crippen LogP contribution in [0.2, 0.25) is 0 Å². The van der Waals surface area contributed by atoms with Crippen LogP contribution in [0.25, 0.3) is 0 Å². The van der Waals surface area contributed by atoms with Crippen LogP contribution in [0.15, 0.2) is 24.3 Å². The van der Waals surface area contributed by atoms with E-state index in [1.165, 1.54) is 18.2 Å². The molecule has 1 aromatic carbocycles. The van der Waals surface area contributed by atoms with Gasteiger partial charge in [0.15, 0.2) is 0 Å². The van der Waals surface area contributed by atoms with Crippen LogP contribution in [0, 0.1) is 5.82 Å². The molecule has 1 saturated heterocycles. The van der Waals surface area contributed by atoms with Gasteiger partial charge in [0.05, 0.1) is 0 Å². The lowest BCUT2D eigenvalue weighted by molar-refractivity contribution is -0.202. The number of benzene rings is 1. The number of hydrogen-bond acceptors (Lipinski definition) is 2. The van der Waals surface area contributed by atoms with E-state index in [4.69, 9.17) is 0 Å². The zero-order valence-electron chi connectivity index (χ0n) is 12.4. The van der Waals surface area contributed by atoms with Crippen LogP contribution in [0.3, 0.4) is 0 Å². The zero-order chi connectivity index (χ0) is 16.5. The summed E-state index contributed by atoms with van der Waals surface area (Å²) in [6, 6.07) is 3.71. The van der Waals surface area contributed by atoms with Crippen LogP contribution in [0.4, 0.5) is 17.6 Å². The van der Waals surface area contributed by atoms with E-state index in [2.05, 4.69) is 5.43 Å². The second kappa shape index (κ2) is 5.87. The third-order valence-electron chi connectivity index (χ3n) is 3.78. The van der Waals surface area contributed by atoms with Crippen molar-refractivity contribution in [1.29, 1.82) is 0 Å². The number of alkyl halides is 3. The van der Waals surface area contributed by atoms with Gasteiger partial charge in [0.25, 0.3) is 0 Å². The molecule has 0 spiro atoms. The summed E-state index contributed by atoms with van der Waals surface area (Å²) in [5, 5.41) is 0.981. The van der Waals surface area contributed by atoms with Crippen LogP contribution < -0.4 is 5.43 Å². The first kappa shape index (κ1) is 16.7. The minimum Gasteiger partial charge on any atom is -0.288 e. The Kier molecular flexibility index (Phi) is 4.47. The van der Waals surface area contributed by atoms with Crippen molar-refractivity contribution < 1.29 is 22.4 Å². The predicted octanol–water partition coefficient (Wildman–Crippen LogP) is 3.20. The van der Waals surface area contributed by atoms with Gasteiger partial charge in [-0.25, -0.2) is 9.40 Å². The normalized spacial score (nSPS) is 20.0. The zero-order valence-corrected chi connectivity index (χ0v) is 12.4. The topological polar surface area (TPSA) is 32.3 Å². The Labute approximate surface area is 126 Å². The number of nitrogens with one attached hydrogen (secondary N) is 1. The Balaban J connectivity index is 2.16. The first-order chi connectivity index (χ1) is 10.1. The average Bonchev–Trinajstić information content (AvgIpc) is 2.61. The van der Waals surface area contributed by atoms with Crippen LogP contribution in [-0.4, -0.2) is 28.7 Å². The van der Waals surface area contributed by atoms with E-state index < -0.39 is 29.5 Å². The van der Waals surface area contributed by atoms with Crippen LogP contribution in [0.1, 0.15) is 32.3 Å². The molecular formula is C15H18F4N2O. The van der Waals surface area contributed by atoms with Crippen LogP contribution in [-0.2, 0) is 11.2 Å². The van der Waals surface area contributed by atoms with Crippen molar-refractivity contribution in [2.45, 2.75) is 50.9 Å². The van der Waals surface area contributed by atoms with Crippen molar-refractivity contribution in [3.63, 3.8) is 0 Å². The predicted molar refractivity (Wildman–Crippen MR) is 73.2 cm³/mol. The van der Waals surface area contributed by atoms with Gasteiger partial charge in [-0.3, -0.25) is 10.2 Å². The highest BCUT2D eigenvalue weighted by Gasteiger charge is 2.51. The maximum Gasteiger partial charge on any atom is 0.405 e. The molecule has 1 unspecified atom stereocenters. The fourth-order valence-electron chi connectivity index (χ4n) is 2.74. The van der Waals surface area contributed by atoms with E-state index in [1.807, 2.05) is 0 Å². The molecule has 1 aromatic rings. The third kappa shape index (κ3) is 3.76. The van der Waals surface area contributed by atoms with E-state index in [-0.39, 0.29) is 19.3 Å². The van der Waals surface area contributed by atoms with Crippen molar-refractivity contribution in [3.05, 3.63) is 35.6 Å². The largest absolute Gasteiger partial charge is 0.405 e. The monoisotopic (exact) mass is 318 g/mol. The molecule has 3 nitrogen and oxygen atoms in total. The molecule has 1 fully saturated rings. The summed E-state index contributed by atoms with van der Waals surface area (Å²) in [4.78, 5) is 11.4. The minimum atomic E-state index is -4.48. The van der Waals surface area contributed by atoms with E-state index in [9.17, 15) is 22.4 Å². The first-order valence-electron chi connectivity index (χ1n) is 6.99. The minimum absolute atomic E-state index is 0.0134. The second-order valence-electron chi connectivity index (χ2n) is 6.12. The Morgan fingerprint density at radius 1 is 1.36 bits per heavy atom. The Hall–Kier alpha value is -1.63. The molecule has 0 saturated carbocycles. The summed E-state index contributed by atoms with van der Waals surface area (Å²) in [5.74, 6) is -0.902. The summed E-state index contributed by atoms with van der Waals surface area (Å²) < 4.78 is 53.2. The molecule has 1 atom stereocenters. The number of aryl methyl sites for hydroxylation is 1. The summed E-state index contributed by atoms with van der Waals surface area (Å²) in [6.45, 7) is 3.18. The highest BCUT2D eigenvalue weighted by molar-refractivity contribution is 5.78. The van der Waals surface area contributed by atoms with E-state index in [1.54, 1.807) is 19.9 Å². The van der Waals surface area contributed by atoms with Gasteiger partial charge in [0.1, 0.15) is 11.9 Å². The van der Waals surface area contributed by atoms with Gasteiger partial charge in [-0.15, -0.1) is 0 Å². The molecular weight excluding hydrogens is 300 g/mol. The molecule has 22 heavy (non-hydrogen) atoms. The van der Waals surface area contributed by atoms with Gasteiger partial charge in [-0.2, -0.15) is 13.2 Å². The van der Waals surface area contributed by atoms with Gasteiger partial charge in [-0.05, 0) is 44.4 Å². The maximum absolute atomic E-state index is 13.4. The molecule has 0 radical (unpaired) electrons. The number of carbonyl (C=O) groups is 1. The Morgan fingerprint density at radius 3 is 2.55 bits per heavy atom. The number of nitrogens with zero attached hydrogens (tertiary/aromatic N) is 1. The third-order valence-corrected chi connectivity index (χ3v) is 3.78. The van der Waals surface area contributed by atoms with Crippen molar-refractivity contribution in [2.75, 3.05) is 0 Å². The lowest BCUT2D eigenvalue weighted by Gasteiger charge is -2.37. The highest BCUT2D eigenvalue weighted by Crippen LogP contribution is 2.35. The number of halogens is 4. The van der Waals surface area contributed by atoms with Gasteiger partial charge >= 0.3 is 6.18 Å². The van der Waals surface area contributed by atoms with Crippen molar-refractivity contribution in [1.82, 2.24) is 10.4 Å². The maximum atomic E-state index is 13.4. The number of amides is 1. The number of rotatable bonds is 4. The van der Waals surface area contributed by atoms with Crippen LogP contribution in [0.5, 0.6) is 0 Å². The number of hydrazine groups is 1. The summed E-state index contributed by atoms with van der Waals surface area (Å²) in [6.07, 6.45) is -4.65. The molecule has 7 heteroatoms. The molecule has 2 rings (SSSR count). The summed E-state index contributed by atoms with van der Waals surface area (Å²) in [5.41, 5.74) is 1.88. The average molecular weight is 318 g/mol. The van der Waals surface area contributed by atoms with E-state index in [0.29, 0.717) is 5.56 Å². The molecule has 1 heterocycles. The SMILES string of the molecule is CC1(C)CC(=O)NN1C(CCc1cccc(F)c1)C(F)(F)F. The molecule has 0 aromatic heterocycles. The summed E-state index contributed by atoms with van der Waals surface area (Å²) >= 11 is 0. The summed E-state index contributed by atoms with van der Waals surface area (Å²) in [7, 11) is 0. The fourth-order valence-corrected chi connectivity index (χ4v) is 2.74. The number of hydrogen-bond donors (Lipinski definition) is 1. The van der Waals surface area contributed by atoms with Crippen molar-refractivity contribution in [3.8, 4) is 0 Å². The fraction of sp³-hybridized carbons (Fsp3) is 0.533. The Morgan fingerprint density at radius 2 is 2.05 bits per heavy atom. The molecule has 1 aliphatic heterocycles. The van der Waals surface area contributed by atoms with E-state index in [0.717, 1.165) is 5.01 Å². The van der Waals surface area contributed by atoms with Gasteiger partial charge in [0, 0.05) is 12.0 Å². The Bertz CT molecular complexity index is 557. The second-order valence-corrected chi connectivity index (χ2v) is 6.12. The standard InChI is InChI=1S/C15H18F4N2O/c1-14(2)9-13(22)20-21(14)12(15(17,18)19)7-6-10-4-3-5-11(16)8-10/h3-5,8,12H,6-7,9H2,1-2H3,(H,20,22). The van der Waals surface area contributed by atoms with Crippen molar-refractivity contribution >= 4 is 5.91 Å². The molecule has 1 aliphatic rings. The lowest BCUT2D eigenvalue weighted by Crippen LogP contribution is -2.56. The molecule has 1 amide bonds. The lowest BCUT2D eigenvalue weighted by atomic mass is 9.97. The van der Waals surface area contributed by atoms with Gasteiger partial charge in [-0.1, -0.05) is 12.1 Å². The van der Waals surface area contributed by atoms with Crippen molar-refractivity contribution in [2.24, 2.45) is 0 Å². The molecule has 122 valence electrons. The van der Waals surface area contributed by atoms with Gasteiger partial charge < -0.3 is 0 Å². The molecule has 0 aliphatic carbocycles. The quantitative estimate of drug-likeness (QED) is 0.865. The first-order valence-corrected chi connectivity index (χ1v) is 6.99. The molecule has 1 N–H and O–H groups in total. The van der Waals surface area contributed by atoms with Gasteiger partial charge in [0.2, 0.25) is 5.91 Å². The van der Waals surface area contributed by atoms with E-state index >= 15 is 0 Å². The molecule has 0 bridgehead atoms. The number of carbonyl (C=O) groups excluding carboxylic acids is 1.